The summed E-state index contributed by atoms with van der Waals surface area (Å²) in [6.07, 6.45) is 4.12. The number of benzene rings is 2. The van der Waals surface area contributed by atoms with E-state index < -0.39 is 0 Å². The standard InChI is InChI=1S/C25H30Cl2N2O2.ClH/c1-28-24(20-4-2-3-5-21(20)25(28)31)19(18-6-7-22(26)23(27)16-18)10-14-29-12-8-17(9-13-29)11-15-30;/h2-7,16-17,19,24,30H,8-15H2,1H3;1H. The first-order chi connectivity index (χ1) is 15.0. The molecule has 0 radical (unpaired) electrons. The molecule has 1 N–H and O–H groups in total. The van der Waals surface area contributed by atoms with E-state index in [9.17, 15) is 9.90 Å². The second-order valence-corrected chi connectivity index (χ2v) is 9.63. The minimum absolute atomic E-state index is 0. The molecule has 2 heterocycles. The fraction of sp³-hybridized carbons (Fsp3) is 0.480. The van der Waals surface area contributed by atoms with Crippen molar-refractivity contribution in [3.63, 3.8) is 0 Å². The summed E-state index contributed by atoms with van der Waals surface area (Å²) in [4.78, 5) is 17.3. The average Bonchev–Trinajstić information content (AvgIpc) is 3.03. The van der Waals surface area contributed by atoms with Crippen LogP contribution in [0.3, 0.4) is 0 Å². The van der Waals surface area contributed by atoms with E-state index in [2.05, 4.69) is 11.0 Å². The van der Waals surface area contributed by atoms with Crippen LogP contribution in [0.5, 0.6) is 0 Å². The maximum atomic E-state index is 12.9. The molecule has 0 saturated carbocycles. The molecule has 0 aromatic heterocycles. The fourth-order valence-electron chi connectivity index (χ4n) is 5.21. The van der Waals surface area contributed by atoms with Gasteiger partial charge in [-0.2, -0.15) is 0 Å². The molecule has 2 aliphatic heterocycles. The van der Waals surface area contributed by atoms with Crippen molar-refractivity contribution in [3.05, 3.63) is 69.2 Å². The van der Waals surface area contributed by atoms with Crippen LogP contribution in [0.25, 0.3) is 0 Å². The van der Waals surface area contributed by atoms with E-state index in [-0.39, 0.29) is 36.9 Å². The van der Waals surface area contributed by atoms with E-state index in [4.69, 9.17) is 23.2 Å². The number of piperidine rings is 1. The topological polar surface area (TPSA) is 43.8 Å². The number of hydrogen-bond donors (Lipinski definition) is 1. The Hall–Kier alpha value is -1.30. The molecular weight excluding hydrogens is 467 g/mol. The van der Waals surface area contributed by atoms with Gasteiger partial charge < -0.3 is 14.9 Å². The quantitative estimate of drug-likeness (QED) is 0.525. The maximum absolute atomic E-state index is 12.9. The van der Waals surface area contributed by atoms with Gasteiger partial charge in [-0.1, -0.05) is 47.5 Å². The van der Waals surface area contributed by atoms with Gasteiger partial charge in [0.05, 0.1) is 16.1 Å². The average molecular weight is 498 g/mol. The Labute approximate surface area is 206 Å². The lowest BCUT2D eigenvalue weighted by Gasteiger charge is -2.35. The number of fused-ring (bicyclic) bond motifs is 1. The highest BCUT2D eigenvalue weighted by atomic mass is 35.5. The minimum atomic E-state index is -0.0205. The molecule has 174 valence electrons. The van der Waals surface area contributed by atoms with Gasteiger partial charge in [0.1, 0.15) is 0 Å². The monoisotopic (exact) mass is 496 g/mol. The molecule has 4 rings (SSSR count). The summed E-state index contributed by atoms with van der Waals surface area (Å²) in [5, 5.41) is 10.3. The first kappa shape index (κ1) is 25.3. The Bertz CT molecular complexity index is 931. The van der Waals surface area contributed by atoms with E-state index in [0.29, 0.717) is 16.0 Å². The number of amides is 1. The third kappa shape index (κ3) is 5.26. The normalized spacial score (nSPS) is 20.2. The van der Waals surface area contributed by atoms with Crippen molar-refractivity contribution in [1.82, 2.24) is 9.80 Å². The van der Waals surface area contributed by atoms with Gasteiger partial charge in [-0.05, 0) is 80.6 Å². The van der Waals surface area contributed by atoms with Crippen molar-refractivity contribution in [3.8, 4) is 0 Å². The molecule has 4 nitrogen and oxygen atoms in total. The van der Waals surface area contributed by atoms with Crippen LogP contribution in [0.4, 0.5) is 0 Å². The van der Waals surface area contributed by atoms with Gasteiger partial charge in [-0.15, -0.1) is 12.4 Å². The third-order valence-electron chi connectivity index (χ3n) is 7.00. The number of aliphatic hydroxyl groups is 1. The molecule has 7 heteroatoms. The lowest BCUT2D eigenvalue weighted by molar-refractivity contribution is 0.0744. The van der Waals surface area contributed by atoms with Crippen molar-refractivity contribution in [1.29, 1.82) is 0 Å². The zero-order chi connectivity index (χ0) is 22.0. The molecule has 0 bridgehead atoms. The summed E-state index contributed by atoms with van der Waals surface area (Å²) >= 11 is 12.6. The Morgan fingerprint density at radius 1 is 1.09 bits per heavy atom. The number of carbonyl (C=O) groups excluding carboxylic acids is 1. The van der Waals surface area contributed by atoms with E-state index in [0.717, 1.165) is 62.0 Å². The summed E-state index contributed by atoms with van der Waals surface area (Å²) in [5.41, 5.74) is 3.00. The van der Waals surface area contributed by atoms with Crippen LogP contribution in [-0.2, 0) is 0 Å². The SMILES string of the molecule is CN1C(=O)c2ccccc2C1C(CCN1CCC(CCO)CC1)c1ccc(Cl)c(Cl)c1.Cl. The van der Waals surface area contributed by atoms with Gasteiger partial charge in [0.25, 0.3) is 5.91 Å². The second kappa shape index (κ2) is 11.2. The van der Waals surface area contributed by atoms with E-state index in [1.807, 2.05) is 48.3 Å². The van der Waals surface area contributed by atoms with E-state index in [1.165, 1.54) is 0 Å². The van der Waals surface area contributed by atoms with Gasteiger partial charge >= 0.3 is 0 Å². The zero-order valence-corrected chi connectivity index (χ0v) is 20.7. The summed E-state index contributed by atoms with van der Waals surface area (Å²) in [5.74, 6) is 0.843. The molecule has 2 unspecified atom stereocenters. The summed E-state index contributed by atoms with van der Waals surface area (Å²) in [7, 11) is 1.90. The van der Waals surface area contributed by atoms with Crippen molar-refractivity contribution >= 4 is 41.5 Å². The summed E-state index contributed by atoms with van der Waals surface area (Å²) < 4.78 is 0. The zero-order valence-electron chi connectivity index (χ0n) is 18.3. The number of hydrogen-bond acceptors (Lipinski definition) is 3. The van der Waals surface area contributed by atoms with Gasteiger partial charge in [-0.3, -0.25) is 4.79 Å². The van der Waals surface area contributed by atoms with Crippen LogP contribution in [0, 0.1) is 5.92 Å². The van der Waals surface area contributed by atoms with Crippen molar-refractivity contribution < 1.29 is 9.90 Å². The minimum Gasteiger partial charge on any atom is -0.396 e. The molecule has 2 aromatic rings. The number of aliphatic hydroxyl groups excluding tert-OH is 1. The van der Waals surface area contributed by atoms with Crippen molar-refractivity contribution in [2.24, 2.45) is 5.92 Å². The summed E-state index contributed by atoms with van der Waals surface area (Å²) in [6, 6.07) is 13.8. The van der Waals surface area contributed by atoms with Crippen LogP contribution in [0.2, 0.25) is 10.0 Å². The first-order valence-electron chi connectivity index (χ1n) is 11.1. The Morgan fingerprint density at radius 3 is 2.50 bits per heavy atom. The Kier molecular flexibility index (Phi) is 8.88. The number of halogens is 3. The largest absolute Gasteiger partial charge is 0.396 e. The highest BCUT2D eigenvalue weighted by Gasteiger charge is 2.39. The number of likely N-dealkylation sites (tertiary alicyclic amines) is 1. The molecule has 0 aliphatic carbocycles. The van der Waals surface area contributed by atoms with E-state index in [1.54, 1.807) is 0 Å². The molecular formula is C25H31Cl3N2O2. The number of nitrogens with zero attached hydrogens (tertiary/aromatic N) is 2. The predicted octanol–water partition coefficient (Wildman–Crippen LogP) is 5.81. The second-order valence-electron chi connectivity index (χ2n) is 8.81. The molecule has 2 aliphatic rings. The fourth-order valence-corrected chi connectivity index (χ4v) is 5.52. The molecule has 2 aromatic carbocycles. The highest BCUT2D eigenvalue weighted by molar-refractivity contribution is 6.42. The smallest absolute Gasteiger partial charge is 0.254 e. The maximum Gasteiger partial charge on any atom is 0.254 e. The van der Waals surface area contributed by atoms with Crippen LogP contribution in [-0.4, -0.2) is 54.1 Å². The van der Waals surface area contributed by atoms with Gasteiger partial charge in [0, 0.05) is 25.1 Å². The summed E-state index contributed by atoms with van der Waals surface area (Å²) in [6.45, 7) is 3.38. The Balaban J connectivity index is 0.00000289. The van der Waals surface area contributed by atoms with Crippen molar-refractivity contribution in [2.75, 3.05) is 33.3 Å². The van der Waals surface area contributed by atoms with Crippen LogP contribution in [0.1, 0.15) is 59.1 Å². The van der Waals surface area contributed by atoms with Crippen LogP contribution in [0.15, 0.2) is 42.5 Å². The van der Waals surface area contributed by atoms with Gasteiger partial charge in [0.15, 0.2) is 0 Å². The molecule has 1 saturated heterocycles. The predicted molar refractivity (Wildman–Crippen MR) is 133 cm³/mol. The lowest BCUT2D eigenvalue weighted by Crippen LogP contribution is -2.36. The van der Waals surface area contributed by atoms with Crippen LogP contribution < -0.4 is 0 Å². The number of likely N-dealkylation sites (N-methyl/N-ethyl adjacent to an activating group) is 1. The molecule has 2 atom stereocenters. The van der Waals surface area contributed by atoms with Gasteiger partial charge in [-0.25, -0.2) is 0 Å². The lowest BCUT2D eigenvalue weighted by atomic mass is 9.84. The molecule has 0 spiro atoms. The highest BCUT2D eigenvalue weighted by Crippen LogP contribution is 2.45. The van der Waals surface area contributed by atoms with Gasteiger partial charge in [0.2, 0.25) is 0 Å². The number of carbonyl (C=O) groups is 1. The molecule has 32 heavy (non-hydrogen) atoms. The molecule has 1 amide bonds. The van der Waals surface area contributed by atoms with E-state index >= 15 is 0 Å². The number of rotatable bonds is 7. The Morgan fingerprint density at radius 2 is 1.81 bits per heavy atom. The third-order valence-corrected chi connectivity index (χ3v) is 7.74. The van der Waals surface area contributed by atoms with Crippen molar-refractivity contribution in [2.45, 2.75) is 37.6 Å². The first-order valence-corrected chi connectivity index (χ1v) is 11.9. The van der Waals surface area contributed by atoms with Crippen LogP contribution >= 0.6 is 35.6 Å². The molecule has 1 fully saturated rings.